The lowest BCUT2D eigenvalue weighted by Gasteiger charge is -2.15. The summed E-state index contributed by atoms with van der Waals surface area (Å²) in [6.45, 7) is 8.85. The highest BCUT2D eigenvalue weighted by Gasteiger charge is 2.16. The largest absolute Gasteiger partial charge is 0.320 e. The summed E-state index contributed by atoms with van der Waals surface area (Å²) in [6, 6.07) is 12.3. The first kappa shape index (κ1) is 17.2. The van der Waals surface area contributed by atoms with Crippen molar-refractivity contribution >= 4 is 11.6 Å². The summed E-state index contributed by atoms with van der Waals surface area (Å²) < 4.78 is 2.01. The third kappa shape index (κ3) is 4.41. The Kier molecular flexibility index (Phi) is 5.91. The lowest BCUT2D eigenvalue weighted by Crippen LogP contribution is -2.43. The van der Waals surface area contributed by atoms with Crippen molar-refractivity contribution < 1.29 is 9.36 Å². The molecule has 1 amide bonds. The van der Waals surface area contributed by atoms with E-state index in [4.69, 9.17) is 0 Å². The van der Waals surface area contributed by atoms with E-state index in [-0.39, 0.29) is 5.91 Å². The van der Waals surface area contributed by atoms with E-state index in [0.717, 1.165) is 24.2 Å². The highest BCUT2D eigenvalue weighted by atomic mass is 16.1. The van der Waals surface area contributed by atoms with Crippen molar-refractivity contribution in [1.29, 1.82) is 0 Å². The lowest BCUT2D eigenvalue weighted by molar-refractivity contribution is -0.690. The summed E-state index contributed by atoms with van der Waals surface area (Å²) in [4.78, 5) is 12.5. The summed E-state index contributed by atoms with van der Waals surface area (Å²) in [5, 5.41) is 3.08. The molecule has 3 nitrogen and oxygen atoms in total. The molecule has 2 aromatic rings. The number of nitrogens with zero attached hydrogens (tertiary/aromatic N) is 1. The van der Waals surface area contributed by atoms with Crippen LogP contribution in [0.1, 0.15) is 49.9 Å². The van der Waals surface area contributed by atoms with Crippen LogP contribution in [0.2, 0.25) is 0 Å². The first-order valence-corrected chi connectivity index (χ1v) is 8.42. The molecule has 1 aromatic carbocycles. The van der Waals surface area contributed by atoms with E-state index < -0.39 is 0 Å². The predicted octanol–water partition coefficient (Wildman–Crippen LogP) is 4.00. The molecule has 0 aliphatic carbocycles. The van der Waals surface area contributed by atoms with E-state index in [1.54, 1.807) is 0 Å². The fraction of sp³-hybridized carbons (Fsp3) is 0.400. The molecule has 23 heavy (non-hydrogen) atoms. The Hall–Kier alpha value is -2.16. The number of pyridine rings is 1. The van der Waals surface area contributed by atoms with E-state index in [9.17, 15) is 4.79 Å². The van der Waals surface area contributed by atoms with Crippen LogP contribution in [0.4, 0.5) is 5.69 Å². The van der Waals surface area contributed by atoms with Gasteiger partial charge in [0.25, 0.3) is 5.91 Å². The maximum atomic E-state index is 12.5. The normalized spacial score (nSPS) is 12.0. The topological polar surface area (TPSA) is 33.0 Å². The molecule has 122 valence electrons. The predicted molar refractivity (Wildman–Crippen MR) is 94.5 cm³/mol. The van der Waals surface area contributed by atoms with Gasteiger partial charge in [-0.15, -0.1) is 0 Å². The van der Waals surface area contributed by atoms with E-state index in [1.807, 2.05) is 29.7 Å². The van der Waals surface area contributed by atoms with Crippen LogP contribution in [0.3, 0.4) is 0 Å². The number of aromatic nitrogens is 1. The second kappa shape index (κ2) is 7.91. The molecular weight excluding hydrogens is 284 g/mol. The van der Waals surface area contributed by atoms with Gasteiger partial charge in [-0.1, -0.05) is 39.0 Å². The fourth-order valence-corrected chi connectivity index (χ4v) is 2.65. The Balaban J connectivity index is 2.14. The number of hydrogen-bond donors (Lipinski definition) is 1. The van der Waals surface area contributed by atoms with Crippen molar-refractivity contribution in [3.8, 4) is 0 Å². The van der Waals surface area contributed by atoms with E-state index in [1.165, 1.54) is 11.1 Å². The maximum absolute atomic E-state index is 12.5. The number of carbonyl (C=O) groups excluding carboxylic acids is 1. The SMILES string of the molecule is CCc1ccc(C)[n+](CC(=O)Nc2ccccc2[C@H](C)CC)c1. The molecule has 1 atom stereocenters. The van der Waals surface area contributed by atoms with Crippen LogP contribution < -0.4 is 9.88 Å². The summed E-state index contributed by atoms with van der Waals surface area (Å²) in [6.07, 6.45) is 4.09. The average molecular weight is 311 g/mol. The number of amides is 1. The molecule has 0 unspecified atom stereocenters. The Bertz CT molecular complexity index is 679. The second-order valence-corrected chi connectivity index (χ2v) is 6.10. The number of nitrogens with one attached hydrogen (secondary N) is 1. The lowest BCUT2D eigenvalue weighted by atomic mass is 9.97. The average Bonchev–Trinajstić information content (AvgIpc) is 2.56. The van der Waals surface area contributed by atoms with Crippen molar-refractivity contribution in [1.82, 2.24) is 0 Å². The van der Waals surface area contributed by atoms with Gasteiger partial charge < -0.3 is 5.32 Å². The highest BCUT2D eigenvalue weighted by Crippen LogP contribution is 2.26. The van der Waals surface area contributed by atoms with Gasteiger partial charge in [0.15, 0.2) is 11.9 Å². The molecule has 0 radical (unpaired) electrons. The Morgan fingerprint density at radius 1 is 1.17 bits per heavy atom. The molecule has 0 saturated carbocycles. The molecule has 1 heterocycles. The van der Waals surface area contributed by atoms with Crippen LogP contribution in [-0.2, 0) is 17.8 Å². The maximum Gasteiger partial charge on any atom is 0.290 e. The zero-order valence-corrected chi connectivity index (χ0v) is 14.6. The fourth-order valence-electron chi connectivity index (χ4n) is 2.65. The smallest absolute Gasteiger partial charge is 0.290 e. The van der Waals surface area contributed by atoms with E-state index in [2.05, 4.69) is 50.5 Å². The monoisotopic (exact) mass is 311 g/mol. The van der Waals surface area contributed by atoms with Crippen LogP contribution in [0, 0.1) is 6.92 Å². The second-order valence-electron chi connectivity index (χ2n) is 6.10. The Morgan fingerprint density at radius 3 is 2.61 bits per heavy atom. The van der Waals surface area contributed by atoms with Gasteiger partial charge in [0.1, 0.15) is 0 Å². The minimum Gasteiger partial charge on any atom is -0.320 e. The van der Waals surface area contributed by atoms with E-state index >= 15 is 0 Å². The minimum atomic E-state index is 0.0158. The molecule has 0 aliphatic heterocycles. The quantitative estimate of drug-likeness (QED) is 0.804. The molecular formula is C20H27N2O+. The van der Waals surface area contributed by atoms with Gasteiger partial charge >= 0.3 is 0 Å². The molecule has 0 aliphatic rings. The number of benzene rings is 1. The van der Waals surface area contributed by atoms with Gasteiger partial charge in [-0.2, -0.15) is 4.57 Å². The van der Waals surface area contributed by atoms with Crippen molar-refractivity contribution in [3.63, 3.8) is 0 Å². The number of anilines is 1. The highest BCUT2D eigenvalue weighted by molar-refractivity contribution is 5.90. The molecule has 0 fully saturated rings. The zero-order valence-electron chi connectivity index (χ0n) is 14.6. The number of para-hydroxylation sites is 1. The van der Waals surface area contributed by atoms with Gasteiger partial charge in [-0.25, -0.2) is 0 Å². The first-order valence-electron chi connectivity index (χ1n) is 8.42. The molecule has 0 spiro atoms. The third-order valence-electron chi connectivity index (χ3n) is 4.41. The Morgan fingerprint density at radius 2 is 1.91 bits per heavy atom. The van der Waals surface area contributed by atoms with Crippen LogP contribution in [0.15, 0.2) is 42.6 Å². The molecule has 1 aromatic heterocycles. The Labute approximate surface area is 139 Å². The van der Waals surface area contributed by atoms with Gasteiger partial charge in [0, 0.05) is 24.2 Å². The van der Waals surface area contributed by atoms with Gasteiger partial charge in [0.2, 0.25) is 6.54 Å². The van der Waals surface area contributed by atoms with E-state index in [0.29, 0.717) is 12.5 Å². The van der Waals surface area contributed by atoms with Gasteiger partial charge in [-0.05, 0) is 36.5 Å². The van der Waals surface area contributed by atoms with Crippen molar-refractivity contribution in [2.75, 3.05) is 5.32 Å². The van der Waals surface area contributed by atoms with Crippen molar-refractivity contribution in [2.24, 2.45) is 0 Å². The third-order valence-corrected chi connectivity index (χ3v) is 4.41. The summed E-state index contributed by atoms with van der Waals surface area (Å²) in [5.74, 6) is 0.450. The van der Waals surface area contributed by atoms with Gasteiger partial charge in [-0.3, -0.25) is 4.79 Å². The number of hydrogen-bond acceptors (Lipinski definition) is 1. The number of aryl methyl sites for hydroxylation is 2. The molecule has 3 heteroatoms. The van der Waals surface area contributed by atoms with Crippen LogP contribution in [0.25, 0.3) is 0 Å². The van der Waals surface area contributed by atoms with Crippen molar-refractivity contribution in [3.05, 3.63) is 59.4 Å². The summed E-state index contributed by atoms with van der Waals surface area (Å²) in [5.41, 5.74) is 4.46. The molecule has 0 saturated heterocycles. The summed E-state index contributed by atoms with van der Waals surface area (Å²) >= 11 is 0. The van der Waals surface area contributed by atoms with Crippen LogP contribution in [-0.4, -0.2) is 5.91 Å². The standard InChI is InChI=1S/C20H26N2O/c1-5-15(3)18-9-7-8-10-19(18)21-20(23)14-22-13-17(6-2)12-11-16(22)4/h7-13,15H,5-6,14H2,1-4H3/p+1/t15-/m1/s1. The first-order chi connectivity index (χ1) is 11.0. The molecule has 1 N–H and O–H groups in total. The van der Waals surface area contributed by atoms with Gasteiger partial charge in [0.05, 0.1) is 0 Å². The summed E-state index contributed by atoms with van der Waals surface area (Å²) in [7, 11) is 0. The van der Waals surface area contributed by atoms with Crippen LogP contribution >= 0.6 is 0 Å². The molecule has 0 bridgehead atoms. The van der Waals surface area contributed by atoms with Crippen molar-refractivity contribution in [2.45, 2.75) is 53.0 Å². The number of carbonyl (C=O) groups is 1. The molecule has 2 rings (SSSR count). The minimum absolute atomic E-state index is 0.0158. The zero-order chi connectivity index (χ0) is 16.8. The van der Waals surface area contributed by atoms with Crippen LogP contribution in [0.5, 0.6) is 0 Å². The number of rotatable bonds is 6.